The lowest BCUT2D eigenvalue weighted by atomic mass is 9.94. The van der Waals surface area contributed by atoms with E-state index in [1.165, 1.54) is 24.1 Å². The number of para-hydroxylation sites is 1. The standard InChI is InChI=1S/C26H20ClNO7/c1-33-20-13-15(11-17(27)24(20)30)22-21(25(31)26(32)28(22)16-5-3-2-4-6-16)23(29)14-7-8-18-19(12-14)35-10-9-34-18/h2-8,11-13,22,29-30H,9-10H2,1H3/b23-21-. The smallest absolute Gasteiger partial charge is 0.300 e. The minimum absolute atomic E-state index is 0.0303. The molecule has 2 aliphatic heterocycles. The summed E-state index contributed by atoms with van der Waals surface area (Å²) in [6, 6.07) is 15.3. The number of Topliss-reactive ketones (excluding diaryl/α,β-unsaturated/α-hetero) is 1. The highest BCUT2D eigenvalue weighted by Gasteiger charge is 2.47. The van der Waals surface area contributed by atoms with Crippen LogP contribution in [0.3, 0.4) is 0 Å². The molecule has 1 fully saturated rings. The molecule has 2 heterocycles. The van der Waals surface area contributed by atoms with E-state index in [-0.39, 0.29) is 33.4 Å². The summed E-state index contributed by atoms with van der Waals surface area (Å²) in [5.74, 6) is -1.34. The number of aliphatic hydroxyl groups excluding tert-OH is 1. The van der Waals surface area contributed by atoms with E-state index in [9.17, 15) is 19.8 Å². The van der Waals surface area contributed by atoms with Gasteiger partial charge in [-0.3, -0.25) is 14.5 Å². The Morgan fingerprint density at radius 1 is 1.03 bits per heavy atom. The number of carbonyl (C=O) groups is 2. The summed E-state index contributed by atoms with van der Waals surface area (Å²) < 4.78 is 16.4. The van der Waals surface area contributed by atoms with E-state index in [1.807, 2.05) is 0 Å². The number of anilines is 1. The van der Waals surface area contributed by atoms with Crippen molar-refractivity contribution in [3.8, 4) is 23.0 Å². The highest BCUT2D eigenvalue weighted by Crippen LogP contribution is 2.46. The number of nitrogens with zero attached hydrogens (tertiary/aromatic N) is 1. The SMILES string of the molecule is COc1cc(C2/C(=C(/O)c3ccc4c(c3)OCCO4)C(=O)C(=O)N2c2ccccc2)cc(Cl)c1O. The van der Waals surface area contributed by atoms with Gasteiger partial charge in [-0.2, -0.15) is 0 Å². The zero-order chi connectivity index (χ0) is 24.7. The normalized spacial score (nSPS) is 18.6. The maximum Gasteiger partial charge on any atom is 0.300 e. The number of ketones is 1. The minimum Gasteiger partial charge on any atom is -0.507 e. The van der Waals surface area contributed by atoms with Gasteiger partial charge in [0.15, 0.2) is 23.0 Å². The molecule has 3 aromatic carbocycles. The van der Waals surface area contributed by atoms with Crippen LogP contribution in [0.4, 0.5) is 5.69 Å². The molecule has 0 aliphatic carbocycles. The van der Waals surface area contributed by atoms with Gasteiger partial charge in [-0.15, -0.1) is 0 Å². The van der Waals surface area contributed by atoms with Crippen molar-refractivity contribution in [3.05, 3.63) is 82.4 Å². The third kappa shape index (κ3) is 3.81. The number of ether oxygens (including phenoxy) is 3. The van der Waals surface area contributed by atoms with Gasteiger partial charge in [0.05, 0.1) is 23.7 Å². The molecule has 0 spiro atoms. The summed E-state index contributed by atoms with van der Waals surface area (Å²) in [5.41, 5.74) is 0.956. The van der Waals surface area contributed by atoms with Crippen molar-refractivity contribution in [2.75, 3.05) is 25.2 Å². The van der Waals surface area contributed by atoms with Crippen LogP contribution in [0.1, 0.15) is 17.2 Å². The average Bonchev–Trinajstić information content (AvgIpc) is 3.15. The fraction of sp³-hybridized carbons (Fsp3) is 0.154. The van der Waals surface area contributed by atoms with Crippen molar-refractivity contribution in [2.45, 2.75) is 6.04 Å². The molecule has 0 bridgehead atoms. The number of amides is 1. The molecular weight excluding hydrogens is 474 g/mol. The molecule has 1 atom stereocenters. The van der Waals surface area contributed by atoms with Crippen LogP contribution in [0, 0.1) is 0 Å². The topological polar surface area (TPSA) is 106 Å². The van der Waals surface area contributed by atoms with E-state index in [1.54, 1.807) is 48.5 Å². The first-order chi connectivity index (χ1) is 16.9. The number of hydrogen-bond acceptors (Lipinski definition) is 7. The highest BCUT2D eigenvalue weighted by molar-refractivity contribution is 6.51. The number of hydrogen-bond donors (Lipinski definition) is 2. The van der Waals surface area contributed by atoms with E-state index in [0.717, 1.165) is 0 Å². The predicted molar refractivity (Wildman–Crippen MR) is 128 cm³/mol. The van der Waals surface area contributed by atoms with Gasteiger partial charge in [0.2, 0.25) is 0 Å². The van der Waals surface area contributed by atoms with Crippen molar-refractivity contribution < 1.29 is 34.0 Å². The number of aliphatic hydroxyl groups is 1. The summed E-state index contributed by atoms with van der Waals surface area (Å²) in [5, 5.41) is 21.5. The highest BCUT2D eigenvalue weighted by atomic mass is 35.5. The first kappa shape index (κ1) is 22.6. The molecule has 0 radical (unpaired) electrons. The molecule has 0 saturated carbocycles. The van der Waals surface area contributed by atoms with Crippen LogP contribution in [0.15, 0.2) is 66.2 Å². The number of phenols is 1. The second kappa shape index (κ2) is 8.88. The summed E-state index contributed by atoms with van der Waals surface area (Å²) in [4.78, 5) is 27.8. The predicted octanol–water partition coefficient (Wildman–Crippen LogP) is 4.45. The maximum absolute atomic E-state index is 13.3. The van der Waals surface area contributed by atoms with Gasteiger partial charge < -0.3 is 24.4 Å². The van der Waals surface area contributed by atoms with Crippen LogP contribution in [-0.2, 0) is 9.59 Å². The lowest BCUT2D eigenvalue weighted by Gasteiger charge is -2.26. The van der Waals surface area contributed by atoms with Crippen LogP contribution < -0.4 is 19.1 Å². The first-order valence-corrected chi connectivity index (χ1v) is 11.1. The molecule has 2 N–H and O–H groups in total. The van der Waals surface area contributed by atoms with Crippen LogP contribution in [0.25, 0.3) is 5.76 Å². The largest absolute Gasteiger partial charge is 0.507 e. The molecule has 3 aromatic rings. The van der Waals surface area contributed by atoms with Gasteiger partial charge in [0.1, 0.15) is 19.0 Å². The third-order valence-electron chi connectivity index (χ3n) is 5.88. The summed E-state index contributed by atoms with van der Waals surface area (Å²) in [6.45, 7) is 0.755. The van der Waals surface area contributed by atoms with Crippen molar-refractivity contribution in [1.82, 2.24) is 0 Å². The fourth-order valence-electron chi connectivity index (χ4n) is 4.26. The second-order valence-electron chi connectivity index (χ2n) is 7.92. The monoisotopic (exact) mass is 493 g/mol. The zero-order valence-electron chi connectivity index (χ0n) is 18.5. The number of benzene rings is 3. The first-order valence-electron chi connectivity index (χ1n) is 10.7. The Labute approximate surface area is 205 Å². The molecule has 8 nitrogen and oxygen atoms in total. The number of halogens is 1. The number of methoxy groups -OCH3 is 1. The van der Waals surface area contributed by atoms with E-state index in [0.29, 0.717) is 36.0 Å². The lowest BCUT2D eigenvalue weighted by molar-refractivity contribution is -0.132. The Bertz CT molecular complexity index is 1370. The molecule has 1 amide bonds. The zero-order valence-corrected chi connectivity index (χ0v) is 19.3. The Balaban J connectivity index is 1.73. The van der Waals surface area contributed by atoms with E-state index in [4.69, 9.17) is 25.8 Å². The number of carbonyl (C=O) groups excluding carboxylic acids is 2. The minimum atomic E-state index is -1.04. The van der Waals surface area contributed by atoms with E-state index in [2.05, 4.69) is 0 Å². The molecule has 1 unspecified atom stereocenters. The fourth-order valence-corrected chi connectivity index (χ4v) is 4.48. The Hall–Kier alpha value is -4.17. The van der Waals surface area contributed by atoms with Gasteiger partial charge in [0, 0.05) is 11.3 Å². The average molecular weight is 494 g/mol. The lowest BCUT2D eigenvalue weighted by Crippen LogP contribution is -2.29. The number of rotatable bonds is 4. The Kier molecular flexibility index (Phi) is 5.74. The molecule has 9 heteroatoms. The quantitative estimate of drug-likeness (QED) is 0.314. The summed E-state index contributed by atoms with van der Waals surface area (Å²) >= 11 is 6.24. The summed E-state index contributed by atoms with van der Waals surface area (Å²) in [7, 11) is 1.36. The number of aromatic hydroxyl groups is 1. The van der Waals surface area contributed by atoms with Gasteiger partial charge in [-0.05, 0) is 48.0 Å². The molecule has 1 saturated heterocycles. The molecule has 35 heavy (non-hydrogen) atoms. The van der Waals surface area contributed by atoms with Gasteiger partial charge >= 0.3 is 0 Å². The molecule has 178 valence electrons. The number of fused-ring (bicyclic) bond motifs is 1. The van der Waals surface area contributed by atoms with Crippen LogP contribution in [-0.4, -0.2) is 42.2 Å². The van der Waals surface area contributed by atoms with Gasteiger partial charge in [-0.25, -0.2) is 0 Å². The van der Waals surface area contributed by atoms with Crippen molar-refractivity contribution in [1.29, 1.82) is 0 Å². The summed E-state index contributed by atoms with van der Waals surface area (Å²) in [6.07, 6.45) is 0. The molecule has 5 rings (SSSR count). The Morgan fingerprint density at radius 2 is 1.74 bits per heavy atom. The third-order valence-corrected chi connectivity index (χ3v) is 6.17. The van der Waals surface area contributed by atoms with E-state index < -0.39 is 17.7 Å². The second-order valence-corrected chi connectivity index (χ2v) is 8.32. The van der Waals surface area contributed by atoms with Gasteiger partial charge in [-0.1, -0.05) is 29.8 Å². The van der Waals surface area contributed by atoms with Crippen LogP contribution in [0.2, 0.25) is 5.02 Å². The maximum atomic E-state index is 13.3. The van der Waals surface area contributed by atoms with E-state index >= 15 is 0 Å². The van der Waals surface area contributed by atoms with Gasteiger partial charge in [0.25, 0.3) is 11.7 Å². The van der Waals surface area contributed by atoms with Crippen molar-refractivity contribution in [3.63, 3.8) is 0 Å². The number of phenolic OH excluding ortho intramolecular Hbond substituents is 1. The van der Waals surface area contributed by atoms with Crippen LogP contribution in [0.5, 0.6) is 23.0 Å². The molecule has 2 aliphatic rings. The Morgan fingerprint density at radius 3 is 2.46 bits per heavy atom. The molecular formula is C26H20ClNO7. The van der Waals surface area contributed by atoms with Crippen LogP contribution >= 0.6 is 11.6 Å². The molecule has 0 aromatic heterocycles. The van der Waals surface area contributed by atoms with Crippen molar-refractivity contribution >= 4 is 34.7 Å². The van der Waals surface area contributed by atoms with Crippen molar-refractivity contribution in [2.24, 2.45) is 0 Å².